The van der Waals surface area contributed by atoms with Crippen molar-refractivity contribution in [1.29, 1.82) is 0 Å². The minimum absolute atomic E-state index is 0. The van der Waals surface area contributed by atoms with E-state index in [-0.39, 0.29) is 14.9 Å². The molecule has 0 unspecified atom stereocenters. The lowest BCUT2D eigenvalue weighted by molar-refractivity contribution is 0.434. The molecule has 0 aromatic rings. The lowest BCUT2D eigenvalue weighted by Gasteiger charge is -2.00. The Kier molecular flexibility index (Phi) is 32.4. The second kappa shape index (κ2) is 17.1. The smallest absolute Gasteiger partial charge is 0.00533 e. The molecule has 0 heterocycles. The number of rotatable bonds is 2. The standard InChI is InChI=1S/2C4H11N.2CH4/c2*1-4-5(2)3;;/h2*4H2,1-3H3;2*1H4. The summed E-state index contributed by atoms with van der Waals surface area (Å²) in [6.07, 6.45) is 0. The summed E-state index contributed by atoms with van der Waals surface area (Å²) in [6, 6.07) is 0. The molecule has 0 bridgehead atoms. The van der Waals surface area contributed by atoms with Gasteiger partial charge < -0.3 is 9.80 Å². The van der Waals surface area contributed by atoms with Crippen LogP contribution in [0.15, 0.2) is 0 Å². The van der Waals surface area contributed by atoms with Crippen LogP contribution < -0.4 is 0 Å². The van der Waals surface area contributed by atoms with E-state index in [4.69, 9.17) is 0 Å². The molecule has 0 amide bonds. The van der Waals surface area contributed by atoms with Crippen molar-refractivity contribution < 1.29 is 0 Å². The molecule has 2 heteroatoms. The molecule has 0 atom stereocenters. The third-order valence-electron chi connectivity index (χ3n) is 1.26. The van der Waals surface area contributed by atoms with E-state index in [2.05, 4.69) is 51.8 Å². The largest absolute Gasteiger partial charge is 0.310 e. The molecule has 0 radical (unpaired) electrons. The van der Waals surface area contributed by atoms with E-state index >= 15 is 0 Å². The molecule has 0 saturated carbocycles. The SMILES string of the molecule is C.C.CCN(C)C.CCN(C)C. The maximum atomic E-state index is 2.12. The molecule has 0 aromatic heterocycles. The molecule has 0 aromatic carbocycles. The van der Waals surface area contributed by atoms with Gasteiger partial charge in [-0.05, 0) is 41.3 Å². The van der Waals surface area contributed by atoms with Crippen LogP contribution in [0.3, 0.4) is 0 Å². The van der Waals surface area contributed by atoms with Crippen LogP contribution in [0, 0.1) is 0 Å². The van der Waals surface area contributed by atoms with Gasteiger partial charge in [0.05, 0.1) is 0 Å². The van der Waals surface area contributed by atoms with E-state index in [1.54, 1.807) is 0 Å². The first-order chi connectivity index (χ1) is 4.54. The summed E-state index contributed by atoms with van der Waals surface area (Å²) in [5.41, 5.74) is 0. The molecule has 2 nitrogen and oxygen atoms in total. The molecule has 0 aliphatic heterocycles. The van der Waals surface area contributed by atoms with Gasteiger partial charge in [-0.25, -0.2) is 0 Å². The van der Waals surface area contributed by atoms with Crippen LogP contribution >= 0.6 is 0 Å². The van der Waals surface area contributed by atoms with Crippen LogP contribution in [0.5, 0.6) is 0 Å². The zero-order valence-corrected chi connectivity index (χ0v) is 8.31. The summed E-state index contributed by atoms with van der Waals surface area (Å²) in [5, 5.41) is 0. The van der Waals surface area contributed by atoms with Crippen LogP contribution in [0.1, 0.15) is 28.7 Å². The van der Waals surface area contributed by atoms with Gasteiger partial charge in [-0.3, -0.25) is 0 Å². The average molecular weight is 178 g/mol. The van der Waals surface area contributed by atoms with Gasteiger partial charge in [0, 0.05) is 0 Å². The first-order valence-electron chi connectivity index (χ1n) is 3.84. The van der Waals surface area contributed by atoms with Crippen LogP contribution in [-0.2, 0) is 0 Å². The zero-order chi connectivity index (χ0) is 8.57. The van der Waals surface area contributed by atoms with Crippen molar-refractivity contribution in [3.05, 3.63) is 0 Å². The molecular formula is C10H30N2. The molecule has 0 aliphatic carbocycles. The summed E-state index contributed by atoms with van der Waals surface area (Å²) in [4.78, 5) is 4.25. The van der Waals surface area contributed by atoms with E-state index in [1.165, 1.54) is 0 Å². The topological polar surface area (TPSA) is 6.48 Å². The Labute approximate surface area is 80.6 Å². The van der Waals surface area contributed by atoms with Crippen molar-refractivity contribution in [1.82, 2.24) is 9.80 Å². The molecule has 0 saturated heterocycles. The molecule has 0 fully saturated rings. The molecule has 80 valence electrons. The van der Waals surface area contributed by atoms with E-state index in [0.29, 0.717) is 0 Å². The van der Waals surface area contributed by atoms with Gasteiger partial charge in [-0.1, -0.05) is 28.7 Å². The van der Waals surface area contributed by atoms with Crippen molar-refractivity contribution in [3.8, 4) is 0 Å². The predicted molar refractivity (Wildman–Crippen MR) is 61.9 cm³/mol. The highest BCUT2D eigenvalue weighted by molar-refractivity contribution is 4.26. The lowest BCUT2D eigenvalue weighted by atomic mass is 10.7. The average Bonchev–Trinajstić information content (AvgIpc) is 1.89. The lowest BCUT2D eigenvalue weighted by Crippen LogP contribution is -2.08. The van der Waals surface area contributed by atoms with Gasteiger partial charge >= 0.3 is 0 Å². The minimum Gasteiger partial charge on any atom is -0.310 e. The van der Waals surface area contributed by atoms with Crippen LogP contribution in [-0.4, -0.2) is 51.1 Å². The Morgan fingerprint density at radius 1 is 0.667 bits per heavy atom. The van der Waals surface area contributed by atoms with Crippen LogP contribution in [0.4, 0.5) is 0 Å². The normalized spacial score (nSPS) is 8.00. The van der Waals surface area contributed by atoms with Crippen molar-refractivity contribution in [2.45, 2.75) is 28.7 Å². The second-order valence-electron chi connectivity index (χ2n) is 2.79. The Hall–Kier alpha value is -0.0800. The summed E-state index contributed by atoms with van der Waals surface area (Å²) < 4.78 is 0. The third-order valence-corrected chi connectivity index (χ3v) is 1.26. The van der Waals surface area contributed by atoms with Crippen molar-refractivity contribution in [2.75, 3.05) is 41.3 Å². The van der Waals surface area contributed by atoms with Crippen LogP contribution in [0.25, 0.3) is 0 Å². The Bertz CT molecular complexity index is 43.8. The van der Waals surface area contributed by atoms with Gasteiger partial charge in [-0.2, -0.15) is 0 Å². The highest BCUT2D eigenvalue weighted by atomic mass is 15.0. The highest BCUT2D eigenvalue weighted by Gasteiger charge is 1.72. The number of hydrogen-bond acceptors (Lipinski definition) is 2. The van der Waals surface area contributed by atoms with Gasteiger partial charge in [0.2, 0.25) is 0 Å². The molecule has 0 N–H and O–H groups in total. The fraction of sp³-hybridized carbons (Fsp3) is 1.00. The van der Waals surface area contributed by atoms with E-state index in [9.17, 15) is 0 Å². The molecular weight excluding hydrogens is 148 g/mol. The molecule has 12 heavy (non-hydrogen) atoms. The maximum absolute atomic E-state index is 2.12. The van der Waals surface area contributed by atoms with E-state index in [1.807, 2.05) is 0 Å². The summed E-state index contributed by atoms with van der Waals surface area (Å²) in [5.74, 6) is 0. The quantitative estimate of drug-likeness (QED) is 0.641. The van der Waals surface area contributed by atoms with E-state index < -0.39 is 0 Å². The predicted octanol–water partition coefficient (Wildman–Crippen LogP) is 2.41. The van der Waals surface area contributed by atoms with Gasteiger partial charge in [0.1, 0.15) is 0 Å². The van der Waals surface area contributed by atoms with Gasteiger partial charge in [0.15, 0.2) is 0 Å². The molecule has 0 rings (SSSR count). The first kappa shape index (κ1) is 22.7. The van der Waals surface area contributed by atoms with Crippen molar-refractivity contribution >= 4 is 0 Å². The summed E-state index contributed by atoms with van der Waals surface area (Å²) >= 11 is 0. The maximum Gasteiger partial charge on any atom is -0.00533 e. The van der Waals surface area contributed by atoms with Gasteiger partial charge in [0.25, 0.3) is 0 Å². The Balaban J connectivity index is -0.0000000457. The Morgan fingerprint density at radius 2 is 0.750 bits per heavy atom. The summed E-state index contributed by atoms with van der Waals surface area (Å²) in [7, 11) is 8.22. The van der Waals surface area contributed by atoms with Crippen molar-refractivity contribution in [3.63, 3.8) is 0 Å². The third kappa shape index (κ3) is 51.4. The molecule has 0 aliphatic rings. The zero-order valence-electron chi connectivity index (χ0n) is 8.31. The Morgan fingerprint density at radius 3 is 0.750 bits per heavy atom. The minimum atomic E-state index is 0. The highest BCUT2D eigenvalue weighted by Crippen LogP contribution is 1.64. The monoisotopic (exact) mass is 178 g/mol. The second-order valence-corrected chi connectivity index (χ2v) is 2.79. The molecule has 0 spiro atoms. The first-order valence-corrected chi connectivity index (χ1v) is 3.84. The van der Waals surface area contributed by atoms with Crippen LogP contribution in [0.2, 0.25) is 0 Å². The summed E-state index contributed by atoms with van der Waals surface area (Å²) in [6.45, 7) is 6.53. The fourth-order valence-corrected chi connectivity index (χ4v) is 0. The van der Waals surface area contributed by atoms with Gasteiger partial charge in [-0.15, -0.1) is 0 Å². The fourth-order valence-electron chi connectivity index (χ4n) is 0. The number of hydrogen-bond donors (Lipinski definition) is 0. The van der Waals surface area contributed by atoms with Crippen molar-refractivity contribution in [2.24, 2.45) is 0 Å². The van der Waals surface area contributed by atoms with E-state index in [0.717, 1.165) is 13.1 Å². The number of nitrogens with zero attached hydrogens (tertiary/aromatic N) is 2.